The van der Waals surface area contributed by atoms with Gasteiger partial charge in [0, 0.05) is 12.6 Å². The molecule has 0 atom stereocenters. The molecule has 5 heteroatoms. The summed E-state index contributed by atoms with van der Waals surface area (Å²) < 4.78 is 1.80. The molecule has 0 bridgehead atoms. The predicted molar refractivity (Wildman–Crippen MR) is 82.3 cm³/mol. The molecule has 0 unspecified atom stereocenters. The van der Waals surface area contributed by atoms with Crippen molar-refractivity contribution in [3.63, 3.8) is 0 Å². The molecule has 0 saturated carbocycles. The molecule has 1 N–H and O–H groups in total. The van der Waals surface area contributed by atoms with Gasteiger partial charge in [-0.05, 0) is 30.8 Å². The molecule has 3 rings (SSSR count). The molecule has 100 valence electrons. The maximum atomic E-state index is 12.3. The van der Waals surface area contributed by atoms with E-state index in [9.17, 15) is 4.79 Å². The number of hydrogen-bond donors (Lipinski definition) is 1. The van der Waals surface area contributed by atoms with Gasteiger partial charge in [0.2, 0.25) is 0 Å². The van der Waals surface area contributed by atoms with E-state index in [0.717, 1.165) is 16.8 Å². The number of rotatable bonds is 1. The second-order valence-electron chi connectivity index (χ2n) is 4.71. The van der Waals surface area contributed by atoms with Crippen molar-refractivity contribution in [3.05, 3.63) is 57.1 Å². The van der Waals surface area contributed by atoms with Crippen LogP contribution in [-0.2, 0) is 7.05 Å². The minimum absolute atomic E-state index is 0.117. The van der Waals surface area contributed by atoms with Gasteiger partial charge in [0.15, 0.2) is 4.77 Å². The summed E-state index contributed by atoms with van der Waals surface area (Å²) in [4.78, 5) is 19.8. The summed E-state index contributed by atoms with van der Waals surface area (Å²) in [7, 11) is 1.66. The molecule has 3 aromatic rings. The summed E-state index contributed by atoms with van der Waals surface area (Å²) >= 11 is 5.14. The molecular formula is C15H13N3OS. The van der Waals surface area contributed by atoms with Crippen LogP contribution in [0.2, 0.25) is 0 Å². The van der Waals surface area contributed by atoms with Crippen molar-refractivity contribution in [2.45, 2.75) is 6.92 Å². The third-order valence-corrected chi connectivity index (χ3v) is 3.71. The molecule has 0 aliphatic heterocycles. The highest BCUT2D eigenvalue weighted by Crippen LogP contribution is 2.21. The molecule has 0 fully saturated rings. The Morgan fingerprint density at radius 1 is 1.25 bits per heavy atom. The number of aryl methyl sites for hydroxylation is 1. The molecule has 1 aromatic carbocycles. The van der Waals surface area contributed by atoms with E-state index >= 15 is 0 Å². The smallest absolute Gasteiger partial charge is 0.263 e. The second-order valence-corrected chi connectivity index (χ2v) is 5.10. The molecule has 20 heavy (non-hydrogen) atoms. The highest BCUT2D eigenvalue weighted by molar-refractivity contribution is 7.71. The van der Waals surface area contributed by atoms with Crippen molar-refractivity contribution >= 4 is 23.3 Å². The summed E-state index contributed by atoms with van der Waals surface area (Å²) in [6.07, 6.45) is 0. The molecule has 0 saturated heterocycles. The summed E-state index contributed by atoms with van der Waals surface area (Å²) in [6.45, 7) is 1.91. The van der Waals surface area contributed by atoms with Gasteiger partial charge < -0.3 is 4.98 Å². The van der Waals surface area contributed by atoms with Crippen molar-refractivity contribution < 1.29 is 0 Å². The number of fused-ring (bicyclic) bond motifs is 1. The highest BCUT2D eigenvalue weighted by atomic mass is 32.1. The summed E-state index contributed by atoms with van der Waals surface area (Å²) in [5.74, 6) is 0. The van der Waals surface area contributed by atoms with Crippen molar-refractivity contribution in [1.29, 1.82) is 0 Å². The third-order valence-electron chi connectivity index (χ3n) is 3.33. The maximum absolute atomic E-state index is 12.3. The highest BCUT2D eigenvalue weighted by Gasteiger charge is 2.10. The molecule has 2 aromatic heterocycles. The molecule has 2 heterocycles. The van der Waals surface area contributed by atoms with Gasteiger partial charge in [-0.15, -0.1) is 0 Å². The first-order valence-electron chi connectivity index (χ1n) is 6.24. The van der Waals surface area contributed by atoms with Crippen LogP contribution in [0.25, 0.3) is 22.3 Å². The monoisotopic (exact) mass is 283 g/mol. The van der Waals surface area contributed by atoms with Crippen LogP contribution in [0.15, 0.2) is 41.2 Å². The number of nitrogens with one attached hydrogen (secondary N) is 1. The quantitative estimate of drug-likeness (QED) is 0.699. The number of hydrogen-bond acceptors (Lipinski definition) is 3. The van der Waals surface area contributed by atoms with E-state index in [-0.39, 0.29) is 5.56 Å². The number of pyridine rings is 1. The van der Waals surface area contributed by atoms with E-state index in [4.69, 9.17) is 12.2 Å². The minimum Gasteiger partial charge on any atom is -0.316 e. The first kappa shape index (κ1) is 12.7. The Bertz CT molecular complexity index is 910. The van der Waals surface area contributed by atoms with E-state index in [1.807, 2.05) is 43.3 Å². The molecule has 0 spiro atoms. The lowest BCUT2D eigenvalue weighted by atomic mass is 10.1. The number of benzene rings is 1. The fraction of sp³-hybridized carbons (Fsp3) is 0.133. The van der Waals surface area contributed by atoms with Gasteiger partial charge in [0.05, 0.1) is 11.1 Å². The number of H-pyrrole nitrogens is 1. The fourth-order valence-electron chi connectivity index (χ4n) is 2.23. The zero-order valence-electron chi connectivity index (χ0n) is 11.2. The van der Waals surface area contributed by atoms with E-state index < -0.39 is 0 Å². The molecule has 0 aliphatic carbocycles. The molecule has 0 aliphatic rings. The first-order chi connectivity index (χ1) is 9.58. The number of nitrogens with zero attached hydrogens (tertiary/aromatic N) is 2. The zero-order valence-corrected chi connectivity index (χ0v) is 12.0. The van der Waals surface area contributed by atoms with Gasteiger partial charge in [-0.25, -0.2) is 4.98 Å². The third kappa shape index (κ3) is 1.96. The molecule has 0 radical (unpaired) electrons. The molecule has 0 amide bonds. The van der Waals surface area contributed by atoms with Gasteiger partial charge in [0.1, 0.15) is 5.65 Å². The van der Waals surface area contributed by atoms with Crippen LogP contribution >= 0.6 is 12.2 Å². The lowest BCUT2D eigenvalue weighted by Gasteiger charge is -2.08. The van der Waals surface area contributed by atoms with Crippen molar-refractivity contribution in [1.82, 2.24) is 14.5 Å². The Hall–Kier alpha value is -2.27. The summed E-state index contributed by atoms with van der Waals surface area (Å²) in [6, 6.07) is 11.8. The van der Waals surface area contributed by atoms with Crippen LogP contribution in [0.4, 0.5) is 0 Å². The first-order valence-corrected chi connectivity index (χ1v) is 6.65. The standard InChI is InChI=1S/C15H13N3OS/c1-9-8-11(10-6-4-3-5-7-10)16-13-12(9)14(19)18(2)15(20)17-13/h3-8H,1-2H3,(H,16,17,20). The lowest BCUT2D eigenvalue weighted by molar-refractivity contribution is 0.820. The van der Waals surface area contributed by atoms with Crippen LogP contribution in [-0.4, -0.2) is 14.5 Å². The fourth-order valence-corrected chi connectivity index (χ4v) is 2.41. The van der Waals surface area contributed by atoms with Gasteiger partial charge in [-0.3, -0.25) is 9.36 Å². The van der Waals surface area contributed by atoms with Gasteiger partial charge >= 0.3 is 0 Å². The van der Waals surface area contributed by atoms with E-state index in [2.05, 4.69) is 9.97 Å². The molecular weight excluding hydrogens is 270 g/mol. The van der Waals surface area contributed by atoms with Crippen LogP contribution in [0.3, 0.4) is 0 Å². The largest absolute Gasteiger partial charge is 0.316 e. The molecule has 4 nitrogen and oxygen atoms in total. The summed E-state index contributed by atoms with van der Waals surface area (Å²) in [5, 5.41) is 0.584. The second kappa shape index (κ2) is 4.68. The van der Waals surface area contributed by atoms with E-state index in [0.29, 0.717) is 15.8 Å². The van der Waals surface area contributed by atoms with E-state index in [1.165, 1.54) is 4.57 Å². The van der Waals surface area contributed by atoms with Gasteiger partial charge in [-0.1, -0.05) is 30.3 Å². The average Bonchev–Trinajstić information content (AvgIpc) is 2.45. The van der Waals surface area contributed by atoms with Crippen LogP contribution < -0.4 is 5.56 Å². The maximum Gasteiger partial charge on any atom is 0.263 e. The predicted octanol–water partition coefficient (Wildman–Crippen LogP) is 2.97. The minimum atomic E-state index is -0.117. The number of aromatic amines is 1. The lowest BCUT2D eigenvalue weighted by Crippen LogP contribution is -2.20. The zero-order chi connectivity index (χ0) is 14.3. The van der Waals surface area contributed by atoms with Gasteiger partial charge in [0.25, 0.3) is 5.56 Å². The average molecular weight is 283 g/mol. The van der Waals surface area contributed by atoms with E-state index in [1.54, 1.807) is 7.05 Å². The Kier molecular flexibility index (Phi) is 2.99. The Morgan fingerprint density at radius 2 is 1.95 bits per heavy atom. The Morgan fingerprint density at radius 3 is 2.65 bits per heavy atom. The Labute approximate surface area is 120 Å². The van der Waals surface area contributed by atoms with Crippen LogP contribution in [0.1, 0.15) is 5.56 Å². The van der Waals surface area contributed by atoms with Crippen LogP contribution in [0.5, 0.6) is 0 Å². The summed E-state index contributed by atoms with van der Waals surface area (Å²) in [5.41, 5.74) is 3.15. The SMILES string of the molecule is Cc1cc(-c2ccccc2)nc2[nH]c(=S)n(C)c(=O)c12. The van der Waals surface area contributed by atoms with Crippen LogP contribution in [0, 0.1) is 11.7 Å². The van der Waals surface area contributed by atoms with Crippen molar-refractivity contribution in [2.24, 2.45) is 7.05 Å². The number of aromatic nitrogens is 3. The topological polar surface area (TPSA) is 50.7 Å². The Balaban J connectivity index is 2.39. The van der Waals surface area contributed by atoms with Crippen molar-refractivity contribution in [2.75, 3.05) is 0 Å². The van der Waals surface area contributed by atoms with Gasteiger partial charge in [-0.2, -0.15) is 0 Å². The normalized spacial score (nSPS) is 10.9. The van der Waals surface area contributed by atoms with Crippen molar-refractivity contribution in [3.8, 4) is 11.3 Å².